The molecule has 0 aliphatic carbocycles. The van der Waals surface area contributed by atoms with Gasteiger partial charge in [-0.2, -0.15) is 39.5 Å². The topological polar surface area (TPSA) is 105 Å². The Labute approximate surface area is 185 Å². The number of alkyl halides is 8. The first-order valence-corrected chi connectivity index (χ1v) is 8.28. The van der Waals surface area contributed by atoms with Gasteiger partial charge >= 0.3 is 60.3 Å². The third kappa shape index (κ3) is 6.80. The standard InChI is InChI=1S/C8H10F8N2O6S2.FH.2Li/c9-5(10,7(13,14)25-24-23-19)17-1-3-18(4-2-17)6(11,12)8(15,16)26(20,21)22;;;/h19H,1-4H2,(H,20,21,22);1H;;/q;;2*+1/p-2. The van der Waals surface area contributed by atoms with Gasteiger partial charge in [-0.1, -0.05) is 0 Å². The molecule has 0 atom stereocenters. The van der Waals surface area contributed by atoms with Crippen molar-refractivity contribution in [3.05, 3.63) is 0 Å². The van der Waals surface area contributed by atoms with Gasteiger partial charge in [0, 0.05) is 26.2 Å². The van der Waals surface area contributed by atoms with E-state index in [0.29, 0.717) is 0 Å². The Morgan fingerprint density at radius 1 is 0.828 bits per heavy atom. The molecule has 1 heterocycles. The second-order valence-corrected chi connectivity index (χ2v) is 7.00. The zero-order valence-electron chi connectivity index (χ0n) is 14.4. The van der Waals surface area contributed by atoms with E-state index in [1.54, 1.807) is 0 Å². The molecule has 1 aliphatic rings. The molecule has 0 spiro atoms. The number of rotatable bonds is 8. The van der Waals surface area contributed by atoms with E-state index in [1.807, 2.05) is 0 Å². The molecule has 1 aliphatic heterocycles. The number of piperazine rings is 1. The number of halogens is 9. The second kappa shape index (κ2) is 11.5. The minimum Gasteiger partial charge on any atom is -0.743 e. The van der Waals surface area contributed by atoms with Crippen molar-refractivity contribution < 1.29 is 105 Å². The van der Waals surface area contributed by atoms with Crippen LogP contribution in [0.4, 0.5) is 39.8 Å². The van der Waals surface area contributed by atoms with Gasteiger partial charge in [0.1, 0.15) is 12.0 Å². The fourth-order valence-electron chi connectivity index (χ4n) is 1.89. The van der Waals surface area contributed by atoms with Crippen LogP contribution in [0.2, 0.25) is 0 Å². The van der Waals surface area contributed by atoms with E-state index in [9.17, 15) is 53.4 Å². The Hall–Kier alpha value is 0.625. The average molecular weight is 478 g/mol. The average Bonchev–Trinajstić information content (AvgIpc) is 2.51. The van der Waals surface area contributed by atoms with Gasteiger partial charge in [0.15, 0.2) is 10.1 Å². The van der Waals surface area contributed by atoms with Gasteiger partial charge in [0.25, 0.3) is 0 Å². The summed E-state index contributed by atoms with van der Waals surface area (Å²) in [6.45, 7) is -5.50. The Morgan fingerprint density at radius 2 is 1.17 bits per heavy atom. The van der Waals surface area contributed by atoms with E-state index in [2.05, 4.69) is 9.37 Å². The summed E-state index contributed by atoms with van der Waals surface area (Å²) in [5, 5.41) is 0.760. The zero-order chi connectivity index (χ0) is 20.6. The van der Waals surface area contributed by atoms with Crippen LogP contribution < -0.4 is 43.0 Å². The molecule has 0 saturated carbocycles. The minimum absolute atomic E-state index is 0. The van der Waals surface area contributed by atoms with Crippen molar-refractivity contribution in [2.24, 2.45) is 0 Å². The van der Waals surface area contributed by atoms with Crippen molar-refractivity contribution in [3.63, 3.8) is 0 Å². The third-order valence-corrected chi connectivity index (χ3v) is 4.71. The first-order chi connectivity index (χ1) is 11.5. The van der Waals surface area contributed by atoms with E-state index in [4.69, 9.17) is 0 Å². The molecule has 1 fully saturated rings. The largest absolute Gasteiger partial charge is 1.00 e. The third-order valence-electron chi connectivity index (χ3n) is 3.25. The molecule has 29 heavy (non-hydrogen) atoms. The predicted molar refractivity (Wildman–Crippen MR) is 64.9 cm³/mol. The van der Waals surface area contributed by atoms with Crippen molar-refractivity contribution in [2.75, 3.05) is 26.2 Å². The normalized spacial score (nSPS) is 17.7. The zero-order valence-corrected chi connectivity index (χ0v) is 16.1. The maximum atomic E-state index is 13.7. The van der Waals surface area contributed by atoms with E-state index in [-0.39, 0.29) is 47.3 Å². The molecule has 0 N–H and O–H groups in total. The molecule has 164 valence electrons. The van der Waals surface area contributed by atoms with Crippen molar-refractivity contribution in [1.82, 2.24) is 9.80 Å². The van der Waals surface area contributed by atoms with Crippen LogP contribution in [-0.2, 0) is 19.5 Å². The molecule has 1 saturated heterocycles. The predicted octanol–water partition coefficient (Wildman–Crippen LogP) is -5.45. The van der Waals surface area contributed by atoms with Crippen LogP contribution in [0.3, 0.4) is 0 Å². The summed E-state index contributed by atoms with van der Waals surface area (Å²) in [7, 11) is -6.80. The quantitative estimate of drug-likeness (QED) is 0.0643. The van der Waals surface area contributed by atoms with E-state index in [0.717, 1.165) is 0 Å². The molecular weight excluding hydrogens is 469 g/mol. The number of hydrogen-bond donors (Lipinski definition) is 0. The van der Waals surface area contributed by atoms with Gasteiger partial charge in [-0.25, -0.2) is 18.2 Å². The maximum absolute atomic E-state index is 13.7. The van der Waals surface area contributed by atoms with E-state index >= 15 is 0 Å². The van der Waals surface area contributed by atoms with E-state index in [1.165, 1.54) is 0 Å². The summed E-state index contributed by atoms with van der Waals surface area (Å²) in [6.07, 6.45) is 0. The minimum atomic E-state index is -6.80. The number of hydrogen-bond acceptors (Lipinski definition) is 9. The Bertz CT molecular complexity index is 610. The summed E-state index contributed by atoms with van der Waals surface area (Å²) in [5.74, 6) is 0. The summed E-state index contributed by atoms with van der Waals surface area (Å²) in [6, 6.07) is -10.6. The molecule has 8 nitrogen and oxygen atoms in total. The summed E-state index contributed by atoms with van der Waals surface area (Å²) >= 11 is -1.37. The fourth-order valence-corrected chi connectivity index (χ4v) is 2.67. The van der Waals surface area contributed by atoms with Crippen LogP contribution in [0, 0.1) is 0 Å². The maximum Gasteiger partial charge on any atom is 1.00 e. The smallest absolute Gasteiger partial charge is 0.743 e. The summed E-state index contributed by atoms with van der Waals surface area (Å²) < 4.78 is 141. The SMILES string of the molecule is F.O=S(=O)([O-])C(F)(F)C(F)(F)N1CCN(C(F)(F)C(F)(F)SOO[O-])CC1.[Li+].[Li+]. The van der Waals surface area contributed by atoms with Crippen LogP contribution in [0.5, 0.6) is 0 Å². The van der Waals surface area contributed by atoms with Crippen molar-refractivity contribution in [3.8, 4) is 0 Å². The van der Waals surface area contributed by atoms with Gasteiger partial charge in [-0.15, -0.1) is 0 Å². The second-order valence-electron chi connectivity index (χ2n) is 4.76. The van der Waals surface area contributed by atoms with E-state index < -0.39 is 75.8 Å². The Balaban J connectivity index is -0.00000225. The van der Waals surface area contributed by atoms with Gasteiger partial charge in [-0.05, 0) is 0 Å². The molecule has 0 amide bonds. The Morgan fingerprint density at radius 3 is 1.48 bits per heavy atom. The molecule has 0 aromatic rings. The molecular formula is C8H9F9Li2N2O6S2. The van der Waals surface area contributed by atoms with Crippen LogP contribution in [0.25, 0.3) is 0 Å². The molecule has 0 aromatic heterocycles. The first-order valence-electron chi connectivity index (χ1n) is 6.13. The van der Waals surface area contributed by atoms with Gasteiger partial charge < -0.3 is 9.81 Å². The molecule has 0 bridgehead atoms. The van der Waals surface area contributed by atoms with Gasteiger partial charge in [0.2, 0.25) is 0 Å². The van der Waals surface area contributed by atoms with Crippen LogP contribution >= 0.6 is 12.0 Å². The number of nitrogens with zero attached hydrogens (tertiary/aromatic N) is 2. The van der Waals surface area contributed by atoms with Crippen molar-refractivity contribution in [2.45, 2.75) is 22.6 Å². The molecule has 0 unspecified atom stereocenters. The molecule has 21 heteroatoms. The van der Waals surface area contributed by atoms with Gasteiger partial charge in [-0.3, -0.25) is 9.74 Å². The monoisotopic (exact) mass is 478 g/mol. The summed E-state index contributed by atoms with van der Waals surface area (Å²) in [4.78, 5) is -0.984. The van der Waals surface area contributed by atoms with Gasteiger partial charge in [0.05, 0.1) is 0 Å². The van der Waals surface area contributed by atoms with Crippen molar-refractivity contribution >= 4 is 22.2 Å². The summed E-state index contributed by atoms with van der Waals surface area (Å²) in [5.41, 5.74) is 0. The molecule has 0 radical (unpaired) electrons. The molecule has 0 aromatic carbocycles. The van der Waals surface area contributed by atoms with Crippen molar-refractivity contribution in [1.29, 1.82) is 0 Å². The first kappa shape index (κ1) is 34.2. The van der Waals surface area contributed by atoms with Crippen LogP contribution in [0.1, 0.15) is 0 Å². The van der Waals surface area contributed by atoms with Crippen LogP contribution in [0.15, 0.2) is 0 Å². The fraction of sp³-hybridized carbons (Fsp3) is 1.00. The Kier molecular flexibility index (Phi) is 13.6. The van der Waals surface area contributed by atoms with Crippen LogP contribution in [-0.4, -0.2) is 71.6 Å². The molecule has 1 rings (SSSR count).